The average Bonchev–Trinajstić information content (AvgIpc) is 2.76. The second-order valence-electron chi connectivity index (χ2n) is 4.26. The number of nitrogen functional groups attached to an aromatic ring is 1. The van der Waals surface area contributed by atoms with Crippen LogP contribution in [0, 0.1) is 0 Å². The zero-order valence-electron chi connectivity index (χ0n) is 9.67. The monoisotopic (exact) mass is 230 g/mol. The van der Waals surface area contributed by atoms with Crippen LogP contribution >= 0.6 is 0 Å². The zero-order chi connectivity index (χ0) is 11.8. The topological polar surface area (TPSA) is 72.9 Å². The predicted molar refractivity (Wildman–Crippen MR) is 64.4 cm³/mol. The lowest BCUT2D eigenvalue weighted by Gasteiger charge is -2.29. The highest BCUT2D eigenvalue weighted by Gasteiger charge is 2.21. The summed E-state index contributed by atoms with van der Waals surface area (Å²) >= 11 is 0. The largest absolute Gasteiger partial charge is 0.398 e. The first-order valence-corrected chi connectivity index (χ1v) is 5.59. The van der Waals surface area contributed by atoms with E-state index in [2.05, 4.69) is 26.5 Å². The van der Waals surface area contributed by atoms with Crippen LogP contribution in [-0.2, 0) is 20.0 Å². The molecule has 1 aliphatic heterocycles. The first-order valence-electron chi connectivity index (χ1n) is 5.59. The Morgan fingerprint density at radius 3 is 3.00 bits per heavy atom. The van der Waals surface area contributed by atoms with Crippen LogP contribution < -0.4 is 10.6 Å². The summed E-state index contributed by atoms with van der Waals surface area (Å²) < 4.78 is 1.68. The number of fused-ring (bicyclic) bond motifs is 1. The Morgan fingerprint density at radius 1 is 1.35 bits per heavy atom. The number of nitrogens with zero attached hydrogens (tertiary/aromatic N) is 5. The number of hydrogen-bond acceptors (Lipinski definition) is 5. The number of anilines is 2. The van der Waals surface area contributed by atoms with Gasteiger partial charge in [-0.2, -0.15) is 0 Å². The first-order chi connectivity index (χ1) is 8.25. The molecule has 2 N–H and O–H groups in total. The van der Waals surface area contributed by atoms with Crippen molar-refractivity contribution in [3.05, 3.63) is 29.3 Å². The molecule has 6 heteroatoms. The second kappa shape index (κ2) is 3.73. The van der Waals surface area contributed by atoms with Gasteiger partial charge in [0.1, 0.15) is 0 Å². The number of benzene rings is 1. The first kappa shape index (κ1) is 10.1. The van der Waals surface area contributed by atoms with E-state index in [-0.39, 0.29) is 0 Å². The summed E-state index contributed by atoms with van der Waals surface area (Å²) in [6.07, 6.45) is 0.979. The van der Waals surface area contributed by atoms with Gasteiger partial charge in [-0.05, 0) is 34.0 Å². The van der Waals surface area contributed by atoms with Gasteiger partial charge < -0.3 is 10.6 Å². The summed E-state index contributed by atoms with van der Waals surface area (Å²) in [4.78, 5) is 2.15. The van der Waals surface area contributed by atoms with Gasteiger partial charge in [-0.15, -0.1) is 0 Å². The van der Waals surface area contributed by atoms with Crippen molar-refractivity contribution in [2.45, 2.75) is 13.0 Å². The zero-order valence-corrected chi connectivity index (χ0v) is 9.67. The number of hydrogen-bond donors (Lipinski definition) is 1. The minimum Gasteiger partial charge on any atom is -0.398 e. The summed E-state index contributed by atoms with van der Waals surface area (Å²) in [7, 11) is 1.85. The number of aromatic nitrogens is 4. The van der Waals surface area contributed by atoms with Crippen molar-refractivity contribution in [1.82, 2.24) is 20.2 Å². The fourth-order valence-electron chi connectivity index (χ4n) is 2.27. The lowest BCUT2D eigenvalue weighted by atomic mass is 9.98. The molecule has 17 heavy (non-hydrogen) atoms. The van der Waals surface area contributed by atoms with Gasteiger partial charge in [-0.25, -0.2) is 4.68 Å². The van der Waals surface area contributed by atoms with E-state index in [1.54, 1.807) is 4.68 Å². The Labute approximate surface area is 99.0 Å². The summed E-state index contributed by atoms with van der Waals surface area (Å²) in [5, 5.41) is 11.5. The van der Waals surface area contributed by atoms with Gasteiger partial charge in [0, 0.05) is 25.8 Å². The van der Waals surface area contributed by atoms with Crippen LogP contribution in [-0.4, -0.2) is 26.8 Å². The molecule has 0 radical (unpaired) electrons. The fourth-order valence-corrected chi connectivity index (χ4v) is 2.27. The van der Waals surface area contributed by atoms with Gasteiger partial charge in [-0.3, -0.25) is 0 Å². The molecule has 6 nitrogen and oxygen atoms in total. The van der Waals surface area contributed by atoms with Crippen LogP contribution in [0.4, 0.5) is 11.6 Å². The van der Waals surface area contributed by atoms with Gasteiger partial charge in [-0.1, -0.05) is 17.2 Å². The summed E-state index contributed by atoms with van der Waals surface area (Å²) in [6.45, 7) is 1.70. The lowest BCUT2D eigenvalue weighted by molar-refractivity contribution is 0.656. The van der Waals surface area contributed by atoms with Gasteiger partial charge in [0.25, 0.3) is 0 Å². The molecule has 1 aromatic carbocycles. The maximum atomic E-state index is 6.01. The van der Waals surface area contributed by atoms with Crippen LogP contribution in [0.3, 0.4) is 0 Å². The van der Waals surface area contributed by atoms with E-state index in [0.29, 0.717) is 0 Å². The van der Waals surface area contributed by atoms with Crippen LogP contribution in [0.15, 0.2) is 18.2 Å². The number of rotatable bonds is 1. The molecule has 0 aliphatic carbocycles. The molecule has 0 bridgehead atoms. The quantitative estimate of drug-likeness (QED) is 0.716. The molecule has 3 rings (SSSR count). The van der Waals surface area contributed by atoms with Crippen LogP contribution in [0.5, 0.6) is 0 Å². The summed E-state index contributed by atoms with van der Waals surface area (Å²) in [5.41, 5.74) is 9.39. The standard InChI is InChI=1S/C11H14N6/c1-16-11(13-14-15-16)17-6-5-8-3-2-4-10(12)9(8)7-17/h2-4H,5-7,12H2,1H3. The predicted octanol–water partition coefficient (Wildman–Crippen LogP) is 0.355. The van der Waals surface area contributed by atoms with Gasteiger partial charge in [0.2, 0.25) is 5.95 Å². The molecule has 2 heterocycles. The molecule has 0 saturated heterocycles. The fraction of sp³-hybridized carbons (Fsp3) is 0.364. The number of aryl methyl sites for hydroxylation is 1. The minimum absolute atomic E-state index is 0.774. The highest BCUT2D eigenvalue weighted by molar-refractivity contribution is 5.54. The summed E-state index contributed by atoms with van der Waals surface area (Å²) in [5.74, 6) is 0.791. The molecule has 0 fully saturated rings. The van der Waals surface area contributed by atoms with Gasteiger partial charge in [0.15, 0.2) is 0 Å². The molecule has 0 saturated carbocycles. The third kappa shape index (κ3) is 1.61. The van der Waals surface area contributed by atoms with E-state index >= 15 is 0 Å². The average molecular weight is 230 g/mol. The van der Waals surface area contributed by atoms with E-state index in [1.165, 1.54) is 11.1 Å². The van der Waals surface area contributed by atoms with Crippen molar-refractivity contribution in [3.63, 3.8) is 0 Å². The van der Waals surface area contributed by atoms with Crippen molar-refractivity contribution < 1.29 is 0 Å². The smallest absolute Gasteiger partial charge is 0.245 e. The van der Waals surface area contributed by atoms with E-state index in [4.69, 9.17) is 5.73 Å². The molecular weight excluding hydrogens is 216 g/mol. The van der Waals surface area contributed by atoms with Gasteiger partial charge >= 0.3 is 0 Å². The summed E-state index contributed by atoms with van der Waals surface area (Å²) in [6, 6.07) is 6.09. The van der Waals surface area contributed by atoms with Crippen LogP contribution in [0.25, 0.3) is 0 Å². The maximum Gasteiger partial charge on any atom is 0.245 e. The third-order valence-corrected chi connectivity index (χ3v) is 3.19. The van der Waals surface area contributed by atoms with Crippen LogP contribution in [0.2, 0.25) is 0 Å². The number of nitrogens with two attached hydrogens (primary N) is 1. The number of tetrazole rings is 1. The normalized spacial score (nSPS) is 14.8. The van der Waals surface area contributed by atoms with Crippen LogP contribution in [0.1, 0.15) is 11.1 Å². The van der Waals surface area contributed by atoms with Crippen molar-refractivity contribution in [3.8, 4) is 0 Å². The van der Waals surface area contributed by atoms with E-state index in [1.807, 2.05) is 19.2 Å². The van der Waals surface area contributed by atoms with Crippen molar-refractivity contribution in [1.29, 1.82) is 0 Å². The highest BCUT2D eigenvalue weighted by Crippen LogP contribution is 2.26. The molecule has 0 unspecified atom stereocenters. The van der Waals surface area contributed by atoms with Crippen molar-refractivity contribution in [2.24, 2.45) is 7.05 Å². The minimum atomic E-state index is 0.774. The van der Waals surface area contributed by atoms with Crippen molar-refractivity contribution >= 4 is 11.6 Å². The molecule has 1 aliphatic rings. The molecule has 0 amide bonds. The Hall–Kier alpha value is -2.11. The Balaban J connectivity index is 1.95. The second-order valence-corrected chi connectivity index (χ2v) is 4.26. The molecule has 88 valence electrons. The van der Waals surface area contributed by atoms with Gasteiger partial charge in [0.05, 0.1) is 0 Å². The molecule has 0 atom stereocenters. The highest BCUT2D eigenvalue weighted by atomic mass is 15.6. The van der Waals surface area contributed by atoms with E-state index in [0.717, 1.165) is 31.1 Å². The Kier molecular flexibility index (Phi) is 2.21. The maximum absolute atomic E-state index is 6.01. The molecule has 1 aromatic heterocycles. The Bertz CT molecular complexity index is 547. The van der Waals surface area contributed by atoms with E-state index < -0.39 is 0 Å². The lowest BCUT2D eigenvalue weighted by Crippen LogP contribution is -2.32. The Morgan fingerprint density at radius 2 is 2.24 bits per heavy atom. The SMILES string of the molecule is Cn1nnnc1N1CCc2cccc(N)c2C1. The molecule has 0 spiro atoms. The molecule has 2 aromatic rings. The van der Waals surface area contributed by atoms with Crippen molar-refractivity contribution in [2.75, 3.05) is 17.2 Å². The molecular formula is C11H14N6. The third-order valence-electron chi connectivity index (χ3n) is 3.19. The van der Waals surface area contributed by atoms with E-state index in [9.17, 15) is 0 Å².